The third-order valence-electron chi connectivity index (χ3n) is 4.21. The Morgan fingerprint density at radius 3 is 2.65 bits per heavy atom. The van der Waals surface area contributed by atoms with Gasteiger partial charge in [0.2, 0.25) is 0 Å². The fourth-order valence-corrected chi connectivity index (χ4v) is 3.06. The Kier molecular flexibility index (Phi) is 3.63. The second-order valence-corrected chi connectivity index (χ2v) is 5.72. The van der Waals surface area contributed by atoms with Gasteiger partial charge in [-0.1, -0.05) is 12.1 Å². The van der Waals surface area contributed by atoms with Crippen LogP contribution in [0.2, 0.25) is 0 Å². The van der Waals surface area contributed by atoms with Crippen molar-refractivity contribution in [3.8, 4) is 11.3 Å². The summed E-state index contributed by atoms with van der Waals surface area (Å²) in [4.78, 5) is 4.08. The van der Waals surface area contributed by atoms with Crippen molar-refractivity contribution in [2.45, 2.75) is 19.5 Å². The predicted octanol–water partition coefficient (Wildman–Crippen LogP) is 2.78. The van der Waals surface area contributed by atoms with Crippen LogP contribution in [0, 0.1) is 5.82 Å². The lowest BCUT2D eigenvalue weighted by Crippen LogP contribution is -2.25. The molecule has 0 atom stereocenters. The summed E-state index contributed by atoms with van der Waals surface area (Å²) in [6.07, 6.45) is 4.53. The summed E-state index contributed by atoms with van der Waals surface area (Å²) in [6, 6.07) is 10.6. The number of aromatic nitrogens is 3. The first kappa shape index (κ1) is 14.1. The summed E-state index contributed by atoms with van der Waals surface area (Å²) in [7, 11) is 0. The van der Waals surface area contributed by atoms with E-state index in [1.54, 1.807) is 12.4 Å². The summed E-state index contributed by atoms with van der Waals surface area (Å²) in [5, 5.41) is 8.25. The number of rotatable bonds is 3. The van der Waals surface area contributed by atoms with E-state index >= 15 is 0 Å². The zero-order valence-corrected chi connectivity index (χ0v) is 12.7. The van der Waals surface area contributed by atoms with Crippen molar-refractivity contribution in [1.82, 2.24) is 20.1 Å². The van der Waals surface area contributed by atoms with E-state index < -0.39 is 0 Å². The van der Waals surface area contributed by atoms with Gasteiger partial charge in [0.25, 0.3) is 0 Å². The lowest BCUT2D eigenvalue weighted by molar-refractivity contribution is 0.581. The van der Waals surface area contributed by atoms with Gasteiger partial charge in [-0.05, 0) is 29.8 Å². The number of pyridine rings is 1. The fourth-order valence-electron chi connectivity index (χ4n) is 3.06. The normalized spacial score (nSPS) is 13.8. The van der Waals surface area contributed by atoms with Crippen LogP contribution in [-0.2, 0) is 19.5 Å². The van der Waals surface area contributed by atoms with E-state index in [-0.39, 0.29) is 5.82 Å². The number of fused-ring (bicyclic) bond motifs is 1. The van der Waals surface area contributed by atoms with Gasteiger partial charge in [-0.15, -0.1) is 0 Å². The van der Waals surface area contributed by atoms with Crippen LogP contribution >= 0.6 is 0 Å². The van der Waals surface area contributed by atoms with Gasteiger partial charge in [0.1, 0.15) is 5.82 Å². The van der Waals surface area contributed by atoms with E-state index in [0.717, 1.165) is 36.3 Å². The summed E-state index contributed by atoms with van der Waals surface area (Å²) in [5.74, 6) is -0.210. The topological polar surface area (TPSA) is 42.7 Å². The van der Waals surface area contributed by atoms with Crippen LogP contribution in [0.5, 0.6) is 0 Å². The van der Waals surface area contributed by atoms with Crippen LogP contribution < -0.4 is 5.32 Å². The zero-order chi connectivity index (χ0) is 15.6. The molecular weight excluding hydrogens is 291 g/mol. The largest absolute Gasteiger partial charge is 0.312 e. The number of hydrogen-bond donors (Lipinski definition) is 1. The highest BCUT2D eigenvalue weighted by molar-refractivity contribution is 5.64. The third kappa shape index (κ3) is 2.75. The summed E-state index contributed by atoms with van der Waals surface area (Å²) in [6.45, 7) is 2.45. The molecule has 1 aromatic carbocycles. The minimum absolute atomic E-state index is 0.210. The van der Waals surface area contributed by atoms with E-state index in [1.165, 1.54) is 23.4 Å². The zero-order valence-electron chi connectivity index (χ0n) is 12.7. The smallest absolute Gasteiger partial charge is 0.123 e. The van der Waals surface area contributed by atoms with Gasteiger partial charge in [0, 0.05) is 48.7 Å². The quantitative estimate of drug-likeness (QED) is 0.809. The number of benzene rings is 1. The van der Waals surface area contributed by atoms with Crippen molar-refractivity contribution in [2.24, 2.45) is 0 Å². The highest BCUT2D eigenvalue weighted by Crippen LogP contribution is 2.27. The van der Waals surface area contributed by atoms with Gasteiger partial charge in [-0.25, -0.2) is 4.39 Å². The Bertz CT molecular complexity index is 809. The van der Waals surface area contributed by atoms with Crippen molar-refractivity contribution < 1.29 is 4.39 Å². The number of nitrogens with one attached hydrogen (secondary N) is 1. The SMILES string of the molecule is Fc1ccc(Cn2nc(-c3ccncc3)c3c2CCNC3)cc1. The lowest BCUT2D eigenvalue weighted by atomic mass is 10.0. The van der Waals surface area contributed by atoms with Crippen molar-refractivity contribution in [3.63, 3.8) is 0 Å². The minimum Gasteiger partial charge on any atom is -0.312 e. The molecule has 1 aliphatic rings. The molecule has 0 saturated heterocycles. The molecular formula is C18H17FN4. The molecule has 0 fully saturated rings. The van der Waals surface area contributed by atoms with E-state index in [1.807, 2.05) is 24.3 Å². The van der Waals surface area contributed by atoms with E-state index in [2.05, 4.69) is 15.0 Å². The highest BCUT2D eigenvalue weighted by Gasteiger charge is 2.21. The van der Waals surface area contributed by atoms with Crippen LogP contribution in [0.1, 0.15) is 16.8 Å². The van der Waals surface area contributed by atoms with E-state index in [4.69, 9.17) is 5.10 Å². The Labute approximate surface area is 134 Å². The first-order chi connectivity index (χ1) is 11.3. The highest BCUT2D eigenvalue weighted by atomic mass is 19.1. The van der Waals surface area contributed by atoms with Gasteiger partial charge in [0.05, 0.1) is 12.2 Å². The Morgan fingerprint density at radius 1 is 1.09 bits per heavy atom. The maximum atomic E-state index is 13.1. The first-order valence-electron chi connectivity index (χ1n) is 7.75. The molecule has 0 radical (unpaired) electrons. The van der Waals surface area contributed by atoms with Crippen molar-refractivity contribution in [1.29, 1.82) is 0 Å². The maximum absolute atomic E-state index is 13.1. The first-order valence-corrected chi connectivity index (χ1v) is 7.75. The molecule has 3 heterocycles. The maximum Gasteiger partial charge on any atom is 0.123 e. The molecule has 116 valence electrons. The van der Waals surface area contributed by atoms with Gasteiger partial charge >= 0.3 is 0 Å². The Hall–Kier alpha value is -2.53. The Morgan fingerprint density at radius 2 is 1.87 bits per heavy atom. The second kappa shape index (κ2) is 5.93. The van der Waals surface area contributed by atoms with Crippen molar-refractivity contribution in [2.75, 3.05) is 6.54 Å². The molecule has 0 saturated carbocycles. The third-order valence-corrected chi connectivity index (χ3v) is 4.21. The minimum atomic E-state index is -0.210. The fraction of sp³-hybridized carbons (Fsp3) is 0.222. The van der Waals surface area contributed by atoms with E-state index in [9.17, 15) is 4.39 Å². The van der Waals surface area contributed by atoms with Gasteiger partial charge < -0.3 is 5.32 Å². The van der Waals surface area contributed by atoms with Gasteiger partial charge in [-0.2, -0.15) is 5.10 Å². The molecule has 23 heavy (non-hydrogen) atoms. The average molecular weight is 308 g/mol. The molecule has 2 aromatic heterocycles. The predicted molar refractivity (Wildman–Crippen MR) is 86.4 cm³/mol. The van der Waals surface area contributed by atoms with Gasteiger partial charge in [0.15, 0.2) is 0 Å². The van der Waals surface area contributed by atoms with Gasteiger partial charge in [-0.3, -0.25) is 9.67 Å². The number of hydrogen-bond acceptors (Lipinski definition) is 3. The van der Waals surface area contributed by atoms with Crippen LogP contribution in [0.3, 0.4) is 0 Å². The molecule has 3 aromatic rings. The lowest BCUT2D eigenvalue weighted by Gasteiger charge is -2.15. The molecule has 1 N–H and O–H groups in total. The number of nitrogens with zero attached hydrogens (tertiary/aromatic N) is 3. The summed E-state index contributed by atoms with van der Waals surface area (Å²) >= 11 is 0. The number of halogens is 1. The standard InChI is InChI=1S/C18H17FN4/c19-15-3-1-13(2-4-15)12-23-17-7-10-21-11-16(17)18(22-23)14-5-8-20-9-6-14/h1-6,8-9,21H,7,10-12H2. The molecule has 4 nitrogen and oxygen atoms in total. The summed E-state index contributed by atoms with van der Waals surface area (Å²) in [5.41, 5.74) is 5.66. The van der Waals surface area contributed by atoms with Crippen LogP contribution in [0.25, 0.3) is 11.3 Å². The van der Waals surface area contributed by atoms with Crippen molar-refractivity contribution in [3.05, 3.63) is 71.4 Å². The monoisotopic (exact) mass is 308 g/mol. The molecule has 5 heteroatoms. The molecule has 1 aliphatic heterocycles. The molecule has 0 bridgehead atoms. The molecule has 0 aliphatic carbocycles. The Balaban J connectivity index is 1.75. The molecule has 0 spiro atoms. The van der Waals surface area contributed by atoms with Crippen LogP contribution in [-0.4, -0.2) is 21.3 Å². The van der Waals surface area contributed by atoms with E-state index in [0.29, 0.717) is 6.54 Å². The molecule has 0 amide bonds. The summed E-state index contributed by atoms with van der Waals surface area (Å²) < 4.78 is 15.1. The van der Waals surface area contributed by atoms with Crippen molar-refractivity contribution >= 4 is 0 Å². The van der Waals surface area contributed by atoms with Crippen LogP contribution in [0.15, 0.2) is 48.8 Å². The second-order valence-electron chi connectivity index (χ2n) is 5.72. The molecule has 4 rings (SSSR count). The van der Waals surface area contributed by atoms with Crippen LogP contribution in [0.4, 0.5) is 4.39 Å². The average Bonchev–Trinajstić information content (AvgIpc) is 2.97. The molecule has 0 unspecified atom stereocenters.